The summed E-state index contributed by atoms with van der Waals surface area (Å²) in [4.78, 5) is 21.7. The van der Waals surface area contributed by atoms with Crippen LogP contribution in [0.25, 0.3) is 0 Å². The van der Waals surface area contributed by atoms with Crippen LogP contribution in [0.1, 0.15) is 33.6 Å². The molecule has 2 nitrogen and oxygen atoms in total. The van der Waals surface area contributed by atoms with Gasteiger partial charge in [-0.15, -0.1) is 0 Å². The second-order valence-electron chi connectivity index (χ2n) is 4.31. The lowest BCUT2D eigenvalue weighted by Crippen LogP contribution is -2.24. The smallest absolute Gasteiger partial charge is 0.136 e. The van der Waals surface area contributed by atoms with E-state index in [-0.39, 0.29) is 17.3 Å². The fraction of sp³-hybridized carbons (Fsp3) is 0.800. The van der Waals surface area contributed by atoms with Crippen LogP contribution in [0.15, 0.2) is 0 Å². The number of rotatable bonds is 2. The standard InChI is InChI=1S/C10H16O2/c1-7-9(12)6-8(4-5-11)10(7,2)3/h5,7-8H,4,6H2,1-3H3. The lowest BCUT2D eigenvalue weighted by molar-refractivity contribution is -0.121. The van der Waals surface area contributed by atoms with Crippen molar-refractivity contribution in [1.82, 2.24) is 0 Å². The summed E-state index contributed by atoms with van der Waals surface area (Å²) in [5, 5.41) is 0. The Morgan fingerprint density at radius 1 is 1.58 bits per heavy atom. The van der Waals surface area contributed by atoms with E-state index in [2.05, 4.69) is 13.8 Å². The van der Waals surface area contributed by atoms with Crippen molar-refractivity contribution in [2.75, 3.05) is 0 Å². The highest BCUT2D eigenvalue weighted by Gasteiger charge is 2.45. The molecule has 68 valence electrons. The molecular formula is C10H16O2. The molecule has 1 aliphatic rings. The summed E-state index contributed by atoms with van der Waals surface area (Å²) in [7, 11) is 0. The Hall–Kier alpha value is -0.660. The van der Waals surface area contributed by atoms with Gasteiger partial charge in [-0.05, 0) is 11.3 Å². The molecule has 0 radical (unpaired) electrons. The van der Waals surface area contributed by atoms with Crippen LogP contribution < -0.4 is 0 Å². The number of Topliss-reactive ketones (excluding diaryl/α,β-unsaturated/α-hetero) is 1. The Morgan fingerprint density at radius 2 is 2.17 bits per heavy atom. The highest BCUT2D eigenvalue weighted by atomic mass is 16.1. The molecule has 2 unspecified atom stereocenters. The minimum Gasteiger partial charge on any atom is -0.303 e. The molecule has 1 rings (SSSR count). The third-order valence-electron chi connectivity index (χ3n) is 3.48. The van der Waals surface area contributed by atoms with Gasteiger partial charge >= 0.3 is 0 Å². The summed E-state index contributed by atoms with van der Waals surface area (Å²) < 4.78 is 0. The summed E-state index contributed by atoms with van der Waals surface area (Å²) in [5.74, 6) is 0.687. The van der Waals surface area contributed by atoms with Crippen LogP contribution in [-0.4, -0.2) is 12.1 Å². The van der Waals surface area contributed by atoms with E-state index in [1.165, 1.54) is 0 Å². The van der Waals surface area contributed by atoms with Crippen LogP contribution >= 0.6 is 0 Å². The number of carbonyl (C=O) groups is 2. The van der Waals surface area contributed by atoms with E-state index < -0.39 is 0 Å². The van der Waals surface area contributed by atoms with E-state index in [0.29, 0.717) is 18.6 Å². The van der Waals surface area contributed by atoms with Crippen molar-refractivity contribution >= 4 is 12.1 Å². The van der Waals surface area contributed by atoms with Gasteiger partial charge in [-0.2, -0.15) is 0 Å². The number of aldehydes is 1. The third-order valence-corrected chi connectivity index (χ3v) is 3.48. The highest BCUT2D eigenvalue weighted by Crippen LogP contribution is 2.46. The maximum absolute atomic E-state index is 11.4. The van der Waals surface area contributed by atoms with Gasteiger partial charge in [0.05, 0.1) is 0 Å². The molecule has 0 aliphatic heterocycles. The predicted octanol–water partition coefficient (Wildman–Crippen LogP) is 1.83. The fourth-order valence-electron chi connectivity index (χ4n) is 1.95. The molecule has 0 N–H and O–H groups in total. The van der Waals surface area contributed by atoms with Gasteiger partial charge in [-0.25, -0.2) is 0 Å². The molecule has 0 spiro atoms. The van der Waals surface area contributed by atoms with Crippen molar-refractivity contribution in [2.24, 2.45) is 17.3 Å². The number of carbonyl (C=O) groups excluding carboxylic acids is 2. The zero-order chi connectivity index (χ0) is 9.35. The molecule has 0 aromatic rings. The van der Waals surface area contributed by atoms with Gasteiger partial charge in [0.1, 0.15) is 12.1 Å². The first-order valence-electron chi connectivity index (χ1n) is 4.46. The first kappa shape index (κ1) is 9.43. The van der Waals surface area contributed by atoms with Crippen molar-refractivity contribution in [3.8, 4) is 0 Å². The maximum Gasteiger partial charge on any atom is 0.136 e. The van der Waals surface area contributed by atoms with Crippen molar-refractivity contribution < 1.29 is 9.59 Å². The number of hydrogen-bond donors (Lipinski definition) is 0. The molecule has 1 saturated carbocycles. The van der Waals surface area contributed by atoms with Crippen LogP contribution in [0.3, 0.4) is 0 Å². The van der Waals surface area contributed by atoms with E-state index in [1.807, 2.05) is 6.92 Å². The molecule has 0 bridgehead atoms. The molecule has 0 amide bonds. The van der Waals surface area contributed by atoms with E-state index in [9.17, 15) is 9.59 Å². The monoisotopic (exact) mass is 168 g/mol. The summed E-state index contributed by atoms with van der Waals surface area (Å²) in [5.41, 5.74) is 0.0119. The average Bonchev–Trinajstić information content (AvgIpc) is 2.17. The Morgan fingerprint density at radius 3 is 2.50 bits per heavy atom. The van der Waals surface area contributed by atoms with E-state index in [4.69, 9.17) is 0 Å². The topological polar surface area (TPSA) is 34.1 Å². The van der Waals surface area contributed by atoms with Gasteiger partial charge in [0.25, 0.3) is 0 Å². The maximum atomic E-state index is 11.4. The van der Waals surface area contributed by atoms with Crippen LogP contribution in [0.5, 0.6) is 0 Å². The van der Waals surface area contributed by atoms with Crippen LogP contribution in [0.4, 0.5) is 0 Å². The summed E-state index contributed by atoms with van der Waals surface area (Å²) >= 11 is 0. The highest BCUT2D eigenvalue weighted by molar-refractivity contribution is 5.84. The first-order valence-corrected chi connectivity index (χ1v) is 4.46. The molecule has 2 atom stereocenters. The quantitative estimate of drug-likeness (QED) is 0.589. The predicted molar refractivity (Wildman–Crippen MR) is 46.7 cm³/mol. The zero-order valence-corrected chi connectivity index (χ0v) is 7.96. The molecule has 0 aromatic heterocycles. The molecule has 2 heteroatoms. The van der Waals surface area contributed by atoms with E-state index in [1.54, 1.807) is 0 Å². The lowest BCUT2D eigenvalue weighted by Gasteiger charge is -2.28. The summed E-state index contributed by atoms with van der Waals surface area (Å²) in [6, 6.07) is 0. The normalized spacial score (nSPS) is 33.8. The molecule has 0 aromatic carbocycles. The largest absolute Gasteiger partial charge is 0.303 e. The lowest BCUT2D eigenvalue weighted by atomic mass is 9.75. The Balaban J connectivity index is 2.79. The SMILES string of the molecule is CC1C(=O)CC(CC=O)C1(C)C. The van der Waals surface area contributed by atoms with Gasteiger partial charge in [0, 0.05) is 18.8 Å². The van der Waals surface area contributed by atoms with Crippen LogP contribution in [0.2, 0.25) is 0 Å². The minimum absolute atomic E-state index is 0.0119. The van der Waals surface area contributed by atoms with Crippen molar-refractivity contribution in [3.63, 3.8) is 0 Å². The third kappa shape index (κ3) is 1.30. The molecule has 0 saturated heterocycles. The first-order chi connectivity index (χ1) is 5.50. The number of ketones is 1. The zero-order valence-electron chi connectivity index (χ0n) is 7.96. The molecule has 0 heterocycles. The second kappa shape index (κ2) is 3.00. The fourth-order valence-corrected chi connectivity index (χ4v) is 1.95. The van der Waals surface area contributed by atoms with Crippen molar-refractivity contribution in [2.45, 2.75) is 33.6 Å². The summed E-state index contributed by atoms with van der Waals surface area (Å²) in [6.45, 7) is 6.13. The Bertz CT molecular complexity index is 206. The van der Waals surface area contributed by atoms with Crippen LogP contribution in [0, 0.1) is 17.3 Å². The van der Waals surface area contributed by atoms with Crippen molar-refractivity contribution in [1.29, 1.82) is 0 Å². The molecule has 1 fully saturated rings. The van der Waals surface area contributed by atoms with Gasteiger partial charge in [-0.3, -0.25) is 4.79 Å². The molecule has 12 heavy (non-hydrogen) atoms. The van der Waals surface area contributed by atoms with Gasteiger partial charge in [0.15, 0.2) is 0 Å². The Kier molecular flexibility index (Phi) is 2.36. The minimum atomic E-state index is 0.0119. The van der Waals surface area contributed by atoms with Gasteiger partial charge < -0.3 is 4.79 Å². The van der Waals surface area contributed by atoms with E-state index >= 15 is 0 Å². The average molecular weight is 168 g/mol. The van der Waals surface area contributed by atoms with Gasteiger partial charge in [-0.1, -0.05) is 20.8 Å². The van der Waals surface area contributed by atoms with Crippen LogP contribution in [-0.2, 0) is 9.59 Å². The Labute approximate surface area is 73.3 Å². The second-order valence-corrected chi connectivity index (χ2v) is 4.31. The number of hydrogen-bond acceptors (Lipinski definition) is 2. The van der Waals surface area contributed by atoms with Gasteiger partial charge in [0.2, 0.25) is 0 Å². The van der Waals surface area contributed by atoms with E-state index in [0.717, 1.165) is 6.29 Å². The summed E-state index contributed by atoms with van der Waals surface area (Å²) in [6.07, 6.45) is 2.05. The molecular weight excluding hydrogens is 152 g/mol. The molecule has 1 aliphatic carbocycles. The van der Waals surface area contributed by atoms with Crippen molar-refractivity contribution in [3.05, 3.63) is 0 Å².